The molecule has 3 heterocycles. The first-order valence-electron chi connectivity index (χ1n) is 6.27. The van der Waals surface area contributed by atoms with Crippen LogP contribution < -0.4 is 5.32 Å². The monoisotopic (exact) mass is 221 g/mol. The fraction of sp³-hybridized carbons (Fsp3) is 0.818. The molecule has 1 aromatic heterocycles. The molecular weight excluding hydrogens is 202 g/mol. The maximum atomic E-state index is 4.32. The van der Waals surface area contributed by atoms with Crippen molar-refractivity contribution in [3.8, 4) is 0 Å². The quantitative estimate of drug-likeness (QED) is 0.771. The zero-order chi connectivity index (χ0) is 10.8. The Hall–Kier alpha value is -0.940. The Morgan fingerprint density at radius 1 is 1.25 bits per heavy atom. The second-order valence-electron chi connectivity index (χ2n) is 4.75. The van der Waals surface area contributed by atoms with Crippen molar-refractivity contribution in [2.75, 3.05) is 19.6 Å². The summed E-state index contributed by atoms with van der Waals surface area (Å²) < 4.78 is 0. The highest BCUT2D eigenvalue weighted by atomic mass is 15.3. The van der Waals surface area contributed by atoms with Crippen LogP contribution >= 0.6 is 0 Å². The van der Waals surface area contributed by atoms with E-state index in [1.54, 1.807) is 6.33 Å². The molecule has 0 aromatic carbocycles. The molecule has 0 aliphatic carbocycles. The molecule has 2 saturated heterocycles. The molecule has 5 nitrogen and oxygen atoms in total. The van der Waals surface area contributed by atoms with E-state index in [0.29, 0.717) is 6.04 Å². The van der Waals surface area contributed by atoms with Gasteiger partial charge in [0.2, 0.25) is 0 Å². The highest BCUT2D eigenvalue weighted by molar-refractivity contribution is 4.98. The number of hydrogen-bond acceptors (Lipinski definition) is 4. The molecule has 0 spiro atoms. The Balaban J connectivity index is 1.73. The van der Waals surface area contributed by atoms with Crippen LogP contribution in [0.4, 0.5) is 0 Å². The molecule has 1 atom stereocenters. The molecule has 0 amide bonds. The first-order chi connectivity index (χ1) is 7.95. The van der Waals surface area contributed by atoms with Gasteiger partial charge in [-0.25, -0.2) is 4.98 Å². The van der Waals surface area contributed by atoms with Crippen molar-refractivity contribution < 1.29 is 0 Å². The lowest BCUT2D eigenvalue weighted by Gasteiger charge is -2.34. The molecule has 5 heteroatoms. The highest BCUT2D eigenvalue weighted by Gasteiger charge is 2.33. The Morgan fingerprint density at radius 2 is 2.12 bits per heavy atom. The number of aromatic amines is 1. The number of nitrogens with one attached hydrogen (secondary N) is 2. The van der Waals surface area contributed by atoms with Gasteiger partial charge in [-0.1, -0.05) is 0 Å². The van der Waals surface area contributed by atoms with E-state index in [1.165, 1.54) is 32.2 Å². The Kier molecular flexibility index (Phi) is 2.88. The van der Waals surface area contributed by atoms with Crippen LogP contribution in [-0.2, 0) is 0 Å². The van der Waals surface area contributed by atoms with Gasteiger partial charge < -0.3 is 5.32 Å². The molecular formula is C11H19N5. The Labute approximate surface area is 95.6 Å². The standard InChI is InChI=1S/C11H19N5/c1-2-10(11-13-8-14-15-11)16(7-1)9-3-5-12-6-4-9/h8-10,12H,1-7H2,(H,13,14,15). The van der Waals surface area contributed by atoms with E-state index in [4.69, 9.17) is 0 Å². The van der Waals surface area contributed by atoms with Gasteiger partial charge in [0.25, 0.3) is 0 Å². The van der Waals surface area contributed by atoms with Gasteiger partial charge in [0.1, 0.15) is 12.2 Å². The molecule has 2 aliphatic rings. The normalized spacial score (nSPS) is 28.6. The Bertz CT molecular complexity index is 317. The highest BCUT2D eigenvalue weighted by Crippen LogP contribution is 2.33. The predicted molar refractivity (Wildman–Crippen MR) is 61.0 cm³/mol. The molecule has 2 aliphatic heterocycles. The number of H-pyrrole nitrogens is 1. The summed E-state index contributed by atoms with van der Waals surface area (Å²) in [6, 6.07) is 1.21. The van der Waals surface area contributed by atoms with Crippen molar-refractivity contribution >= 4 is 0 Å². The van der Waals surface area contributed by atoms with Gasteiger partial charge in [-0.3, -0.25) is 10.00 Å². The minimum atomic E-state index is 0.477. The lowest BCUT2D eigenvalue weighted by Crippen LogP contribution is -2.42. The van der Waals surface area contributed by atoms with Gasteiger partial charge in [-0.2, -0.15) is 5.10 Å². The summed E-state index contributed by atoms with van der Waals surface area (Å²) in [5, 5.41) is 10.4. The van der Waals surface area contributed by atoms with Gasteiger partial charge in [-0.15, -0.1) is 0 Å². The van der Waals surface area contributed by atoms with Gasteiger partial charge in [0, 0.05) is 6.04 Å². The predicted octanol–water partition coefficient (Wildman–Crippen LogP) is 0.694. The van der Waals surface area contributed by atoms with Crippen LogP contribution in [0, 0.1) is 0 Å². The Morgan fingerprint density at radius 3 is 2.88 bits per heavy atom. The summed E-state index contributed by atoms with van der Waals surface area (Å²) in [6.45, 7) is 3.53. The SMILES string of the molecule is c1n[nH]c(C2CCCN2C2CCNCC2)n1. The van der Waals surface area contributed by atoms with E-state index in [2.05, 4.69) is 25.4 Å². The van der Waals surface area contributed by atoms with E-state index in [-0.39, 0.29) is 0 Å². The maximum absolute atomic E-state index is 4.32. The summed E-state index contributed by atoms with van der Waals surface area (Å²) >= 11 is 0. The van der Waals surface area contributed by atoms with Crippen molar-refractivity contribution in [1.29, 1.82) is 0 Å². The lowest BCUT2D eigenvalue weighted by atomic mass is 10.0. The van der Waals surface area contributed by atoms with Gasteiger partial charge in [0.15, 0.2) is 0 Å². The van der Waals surface area contributed by atoms with Crippen molar-refractivity contribution in [2.45, 2.75) is 37.8 Å². The average molecular weight is 221 g/mol. The summed E-state index contributed by atoms with van der Waals surface area (Å²) in [5.74, 6) is 1.05. The molecule has 1 unspecified atom stereocenters. The second kappa shape index (κ2) is 4.51. The number of hydrogen-bond donors (Lipinski definition) is 2. The van der Waals surface area contributed by atoms with Crippen molar-refractivity contribution in [1.82, 2.24) is 25.4 Å². The molecule has 0 bridgehead atoms. The van der Waals surface area contributed by atoms with Gasteiger partial charge in [0.05, 0.1) is 6.04 Å². The fourth-order valence-electron chi connectivity index (χ4n) is 3.03. The summed E-state index contributed by atoms with van der Waals surface area (Å²) in [5.41, 5.74) is 0. The third-order valence-electron chi connectivity index (χ3n) is 3.82. The van der Waals surface area contributed by atoms with Crippen molar-refractivity contribution in [2.24, 2.45) is 0 Å². The number of piperidine rings is 1. The number of rotatable bonds is 2. The topological polar surface area (TPSA) is 56.8 Å². The minimum absolute atomic E-state index is 0.477. The van der Waals surface area contributed by atoms with E-state index >= 15 is 0 Å². The van der Waals surface area contributed by atoms with Crippen LogP contribution in [0.2, 0.25) is 0 Å². The zero-order valence-electron chi connectivity index (χ0n) is 9.52. The van der Waals surface area contributed by atoms with Crippen LogP contribution in [-0.4, -0.2) is 45.8 Å². The minimum Gasteiger partial charge on any atom is -0.317 e. The molecule has 0 saturated carbocycles. The molecule has 0 radical (unpaired) electrons. The largest absolute Gasteiger partial charge is 0.317 e. The number of aromatic nitrogens is 3. The van der Waals surface area contributed by atoms with Gasteiger partial charge in [-0.05, 0) is 45.3 Å². The number of nitrogens with zero attached hydrogens (tertiary/aromatic N) is 3. The van der Waals surface area contributed by atoms with Crippen LogP contribution in [0.25, 0.3) is 0 Å². The van der Waals surface area contributed by atoms with Crippen LogP contribution in [0.5, 0.6) is 0 Å². The van der Waals surface area contributed by atoms with Crippen LogP contribution in [0.3, 0.4) is 0 Å². The molecule has 88 valence electrons. The number of likely N-dealkylation sites (tertiary alicyclic amines) is 1. The summed E-state index contributed by atoms with van der Waals surface area (Å²) in [4.78, 5) is 6.95. The first-order valence-corrected chi connectivity index (χ1v) is 6.27. The fourth-order valence-corrected chi connectivity index (χ4v) is 3.03. The maximum Gasteiger partial charge on any atom is 0.141 e. The first kappa shape index (κ1) is 10.2. The zero-order valence-corrected chi connectivity index (χ0v) is 9.52. The average Bonchev–Trinajstić information content (AvgIpc) is 3.01. The summed E-state index contributed by atoms with van der Waals surface area (Å²) in [6.07, 6.45) is 6.66. The molecule has 2 fully saturated rings. The third kappa shape index (κ3) is 1.85. The molecule has 1 aromatic rings. The summed E-state index contributed by atoms with van der Waals surface area (Å²) in [7, 11) is 0. The van der Waals surface area contributed by atoms with Gasteiger partial charge >= 0.3 is 0 Å². The van der Waals surface area contributed by atoms with E-state index < -0.39 is 0 Å². The molecule has 3 rings (SSSR count). The lowest BCUT2D eigenvalue weighted by molar-refractivity contribution is 0.143. The third-order valence-corrected chi connectivity index (χ3v) is 3.82. The molecule has 2 N–H and O–H groups in total. The second-order valence-corrected chi connectivity index (χ2v) is 4.75. The smallest absolute Gasteiger partial charge is 0.141 e. The van der Waals surface area contributed by atoms with Crippen molar-refractivity contribution in [3.63, 3.8) is 0 Å². The van der Waals surface area contributed by atoms with E-state index in [9.17, 15) is 0 Å². The van der Waals surface area contributed by atoms with Crippen molar-refractivity contribution in [3.05, 3.63) is 12.2 Å². The van der Waals surface area contributed by atoms with Crippen LogP contribution in [0.1, 0.15) is 37.5 Å². The van der Waals surface area contributed by atoms with E-state index in [0.717, 1.165) is 25.0 Å². The van der Waals surface area contributed by atoms with E-state index in [1.807, 2.05) is 0 Å². The van der Waals surface area contributed by atoms with Crippen LogP contribution in [0.15, 0.2) is 6.33 Å². The molecule has 16 heavy (non-hydrogen) atoms.